The zero-order valence-electron chi connectivity index (χ0n) is 15.0. The Bertz CT molecular complexity index is 647. The van der Waals surface area contributed by atoms with Crippen molar-refractivity contribution in [3.05, 3.63) is 12.2 Å². The van der Waals surface area contributed by atoms with Crippen molar-refractivity contribution in [2.24, 2.45) is 40.4 Å². The molecule has 0 heterocycles. The van der Waals surface area contributed by atoms with Crippen LogP contribution in [0.5, 0.6) is 0 Å². The van der Waals surface area contributed by atoms with Gasteiger partial charge < -0.3 is 0 Å². The molecule has 0 spiro atoms. The van der Waals surface area contributed by atoms with Crippen LogP contribution in [0.15, 0.2) is 12.2 Å². The van der Waals surface area contributed by atoms with Crippen molar-refractivity contribution in [2.75, 3.05) is 0 Å². The molecule has 7 atom stereocenters. The minimum atomic E-state index is -0.163. The standard InChI is InChI=1S/C21H28O3/c1-12(22)16-6-7-17-15-5-4-13-10-14(23)8-9-20(13,2)19(15)18(24)11-21(16,17)3/h8-9,13,15-17,19H,4-7,10-11H2,1-3H3/t13?,15-,16+,17-,19+,20-,21+/m0/s1. The highest BCUT2D eigenvalue weighted by atomic mass is 16.1. The Morgan fingerprint density at radius 2 is 1.88 bits per heavy atom. The summed E-state index contributed by atoms with van der Waals surface area (Å²) in [7, 11) is 0. The molecule has 4 aliphatic carbocycles. The van der Waals surface area contributed by atoms with E-state index in [4.69, 9.17) is 0 Å². The zero-order valence-corrected chi connectivity index (χ0v) is 15.0. The zero-order chi connectivity index (χ0) is 17.3. The molecule has 3 saturated carbocycles. The minimum absolute atomic E-state index is 0.0457. The number of rotatable bonds is 1. The van der Waals surface area contributed by atoms with Gasteiger partial charge in [-0.25, -0.2) is 0 Å². The molecule has 3 fully saturated rings. The van der Waals surface area contributed by atoms with E-state index >= 15 is 0 Å². The Kier molecular flexibility index (Phi) is 3.47. The molecule has 4 aliphatic rings. The SMILES string of the molecule is CC(=O)[C@H]1CC[C@H]2[C@@H]3CCC4CC(=O)C=C[C@]4(C)[C@H]3C(=O)C[C@]12C. The maximum Gasteiger partial charge on any atom is 0.155 e. The third kappa shape index (κ3) is 1.99. The van der Waals surface area contributed by atoms with Gasteiger partial charge in [0.2, 0.25) is 0 Å². The van der Waals surface area contributed by atoms with E-state index in [2.05, 4.69) is 19.9 Å². The molecule has 0 amide bonds. The molecule has 0 aromatic carbocycles. The van der Waals surface area contributed by atoms with Crippen molar-refractivity contribution in [3.63, 3.8) is 0 Å². The first-order valence-corrected chi connectivity index (χ1v) is 9.52. The maximum absolute atomic E-state index is 13.3. The van der Waals surface area contributed by atoms with E-state index in [1.807, 2.05) is 0 Å². The van der Waals surface area contributed by atoms with Crippen molar-refractivity contribution >= 4 is 17.3 Å². The van der Waals surface area contributed by atoms with Crippen molar-refractivity contribution in [3.8, 4) is 0 Å². The second-order valence-corrected chi connectivity index (χ2v) is 9.28. The van der Waals surface area contributed by atoms with Crippen molar-refractivity contribution in [1.82, 2.24) is 0 Å². The molecule has 3 nitrogen and oxygen atoms in total. The van der Waals surface area contributed by atoms with E-state index in [0.717, 1.165) is 25.7 Å². The summed E-state index contributed by atoms with van der Waals surface area (Å²) in [5.41, 5.74) is -0.301. The molecule has 0 bridgehead atoms. The first-order valence-electron chi connectivity index (χ1n) is 9.52. The van der Waals surface area contributed by atoms with Gasteiger partial charge in [0, 0.05) is 24.7 Å². The fourth-order valence-electron chi connectivity index (χ4n) is 7.13. The Morgan fingerprint density at radius 3 is 2.58 bits per heavy atom. The third-order valence-electron chi connectivity index (χ3n) is 8.22. The van der Waals surface area contributed by atoms with E-state index in [-0.39, 0.29) is 34.2 Å². The largest absolute Gasteiger partial charge is 0.300 e. The van der Waals surface area contributed by atoms with E-state index in [9.17, 15) is 14.4 Å². The molecule has 0 aliphatic heterocycles. The van der Waals surface area contributed by atoms with Crippen molar-refractivity contribution in [2.45, 2.75) is 59.3 Å². The topological polar surface area (TPSA) is 51.2 Å². The first-order chi connectivity index (χ1) is 11.3. The van der Waals surface area contributed by atoms with Gasteiger partial charge in [0.15, 0.2) is 5.78 Å². The summed E-state index contributed by atoms with van der Waals surface area (Å²) in [4.78, 5) is 37.2. The van der Waals surface area contributed by atoms with Crippen LogP contribution < -0.4 is 0 Å². The van der Waals surface area contributed by atoms with Gasteiger partial charge in [0.05, 0.1) is 0 Å². The van der Waals surface area contributed by atoms with Crippen LogP contribution in [0, 0.1) is 40.4 Å². The summed E-state index contributed by atoms with van der Waals surface area (Å²) >= 11 is 0. The fourth-order valence-corrected chi connectivity index (χ4v) is 7.13. The van der Waals surface area contributed by atoms with Crippen LogP contribution in [0.3, 0.4) is 0 Å². The number of hydrogen-bond donors (Lipinski definition) is 0. The van der Waals surface area contributed by atoms with Crippen LogP contribution in [0.2, 0.25) is 0 Å². The van der Waals surface area contributed by atoms with Gasteiger partial charge in [0.25, 0.3) is 0 Å². The summed E-state index contributed by atoms with van der Waals surface area (Å²) in [6, 6.07) is 0. The molecule has 3 heteroatoms. The van der Waals surface area contributed by atoms with Crippen LogP contribution in [-0.4, -0.2) is 17.3 Å². The van der Waals surface area contributed by atoms with Gasteiger partial charge in [-0.3, -0.25) is 14.4 Å². The summed E-state index contributed by atoms with van der Waals surface area (Å²) in [5, 5.41) is 0. The molecule has 24 heavy (non-hydrogen) atoms. The highest BCUT2D eigenvalue weighted by molar-refractivity contribution is 5.92. The third-order valence-corrected chi connectivity index (χ3v) is 8.22. The Hall–Kier alpha value is -1.25. The average Bonchev–Trinajstić information content (AvgIpc) is 2.84. The molecule has 0 saturated heterocycles. The Labute approximate surface area is 144 Å². The Morgan fingerprint density at radius 1 is 1.12 bits per heavy atom. The van der Waals surface area contributed by atoms with E-state index in [0.29, 0.717) is 36.4 Å². The van der Waals surface area contributed by atoms with Gasteiger partial charge in [-0.2, -0.15) is 0 Å². The molecule has 0 aromatic heterocycles. The maximum atomic E-state index is 13.3. The van der Waals surface area contributed by atoms with Gasteiger partial charge in [-0.05, 0) is 67.3 Å². The summed E-state index contributed by atoms with van der Waals surface area (Å²) in [5.74, 6) is 2.10. The predicted octanol–water partition coefficient (Wildman–Crippen LogP) is 3.76. The van der Waals surface area contributed by atoms with Crippen LogP contribution in [0.4, 0.5) is 0 Å². The summed E-state index contributed by atoms with van der Waals surface area (Å²) in [6.45, 7) is 6.09. The normalized spacial score (nSPS) is 50.2. The highest BCUT2D eigenvalue weighted by Gasteiger charge is 2.63. The van der Waals surface area contributed by atoms with E-state index in [1.54, 1.807) is 13.0 Å². The first kappa shape index (κ1) is 16.2. The molecular formula is C21H28O3. The number of allylic oxidation sites excluding steroid dienone is 2. The van der Waals surface area contributed by atoms with Crippen LogP contribution >= 0.6 is 0 Å². The molecule has 0 radical (unpaired) electrons. The molecule has 0 aromatic rings. The van der Waals surface area contributed by atoms with Crippen LogP contribution in [0.1, 0.15) is 59.3 Å². The summed E-state index contributed by atoms with van der Waals surface area (Å²) < 4.78 is 0. The fraction of sp³-hybridized carbons (Fsp3) is 0.762. The van der Waals surface area contributed by atoms with Crippen molar-refractivity contribution in [1.29, 1.82) is 0 Å². The van der Waals surface area contributed by atoms with Gasteiger partial charge in [0.1, 0.15) is 11.6 Å². The lowest BCUT2D eigenvalue weighted by Gasteiger charge is -2.57. The van der Waals surface area contributed by atoms with Crippen molar-refractivity contribution < 1.29 is 14.4 Å². The second-order valence-electron chi connectivity index (χ2n) is 9.28. The minimum Gasteiger partial charge on any atom is -0.300 e. The van der Waals surface area contributed by atoms with Crippen LogP contribution in [0.25, 0.3) is 0 Å². The van der Waals surface area contributed by atoms with Gasteiger partial charge in [-0.1, -0.05) is 19.9 Å². The molecule has 0 N–H and O–H groups in total. The predicted molar refractivity (Wildman–Crippen MR) is 91.2 cm³/mol. The molecule has 4 rings (SSSR count). The number of fused-ring (bicyclic) bond motifs is 5. The summed E-state index contributed by atoms with van der Waals surface area (Å²) in [6.07, 6.45) is 9.03. The quantitative estimate of drug-likeness (QED) is 0.736. The smallest absolute Gasteiger partial charge is 0.155 e. The number of Topliss-reactive ketones (excluding diaryl/α,β-unsaturated/α-hetero) is 2. The molecular weight excluding hydrogens is 300 g/mol. The number of ketones is 3. The lowest BCUT2D eigenvalue weighted by atomic mass is 9.45. The average molecular weight is 328 g/mol. The highest BCUT2D eigenvalue weighted by Crippen LogP contribution is 2.65. The van der Waals surface area contributed by atoms with E-state index in [1.165, 1.54) is 0 Å². The number of carbonyl (C=O) groups is 3. The van der Waals surface area contributed by atoms with Crippen LogP contribution in [-0.2, 0) is 14.4 Å². The van der Waals surface area contributed by atoms with E-state index < -0.39 is 0 Å². The second kappa shape index (κ2) is 5.12. The number of hydrogen-bond acceptors (Lipinski definition) is 3. The monoisotopic (exact) mass is 328 g/mol. The Balaban J connectivity index is 1.73. The van der Waals surface area contributed by atoms with Gasteiger partial charge >= 0.3 is 0 Å². The number of carbonyl (C=O) groups excluding carboxylic acids is 3. The molecule has 130 valence electrons. The lowest BCUT2D eigenvalue weighted by molar-refractivity contribution is -0.152. The lowest BCUT2D eigenvalue weighted by Crippen LogP contribution is -2.56. The van der Waals surface area contributed by atoms with Gasteiger partial charge in [-0.15, -0.1) is 0 Å². The molecule has 1 unspecified atom stereocenters.